The highest BCUT2D eigenvalue weighted by molar-refractivity contribution is 7.19. The lowest BCUT2D eigenvalue weighted by Gasteiger charge is -2.01. The van der Waals surface area contributed by atoms with Crippen LogP contribution in [-0.4, -0.2) is 19.8 Å². The molecule has 0 unspecified atom stereocenters. The van der Waals surface area contributed by atoms with Crippen LogP contribution < -0.4 is 0 Å². The van der Waals surface area contributed by atoms with Gasteiger partial charge in [-0.25, -0.2) is 4.39 Å². The lowest BCUT2D eigenvalue weighted by molar-refractivity contribution is 0.611. The summed E-state index contributed by atoms with van der Waals surface area (Å²) in [6.07, 6.45) is 0.311. The van der Waals surface area contributed by atoms with Crippen molar-refractivity contribution in [1.82, 2.24) is 19.8 Å². The molecule has 2 aromatic carbocycles. The van der Waals surface area contributed by atoms with Crippen LogP contribution in [0.1, 0.15) is 11.4 Å². The fourth-order valence-corrected chi connectivity index (χ4v) is 3.80. The maximum absolute atomic E-state index is 13.8. The minimum Gasteiger partial charge on any atom is -0.207 e. The number of nitrogens with zero attached hydrogens (tertiary/aromatic N) is 4. The van der Waals surface area contributed by atoms with Gasteiger partial charge >= 0.3 is 0 Å². The second-order valence-electron chi connectivity index (χ2n) is 5.11. The Labute approximate surface area is 150 Å². The first-order valence-electron chi connectivity index (χ1n) is 7.02. The zero-order chi connectivity index (χ0) is 16.7. The van der Waals surface area contributed by atoms with E-state index in [0.29, 0.717) is 37.8 Å². The van der Waals surface area contributed by atoms with E-state index >= 15 is 0 Å². The van der Waals surface area contributed by atoms with Gasteiger partial charge in [0.2, 0.25) is 4.96 Å². The first-order chi connectivity index (χ1) is 11.6. The number of benzene rings is 2. The van der Waals surface area contributed by atoms with Crippen LogP contribution in [0.3, 0.4) is 0 Å². The lowest BCUT2D eigenvalue weighted by Crippen LogP contribution is -1.99. The van der Waals surface area contributed by atoms with Crippen molar-refractivity contribution in [2.45, 2.75) is 6.42 Å². The van der Waals surface area contributed by atoms with Crippen LogP contribution in [0.2, 0.25) is 10.0 Å². The molecule has 4 aromatic rings. The Kier molecular flexibility index (Phi) is 3.96. The predicted octanol–water partition coefficient (Wildman–Crippen LogP) is 4.89. The zero-order valence-electron chi connectivity index (χ0n) is 12.1. The summed E-state index contributed by atoms with van der Waals surface area (Å²) in [5.41, 5.74) is 1.32. The van der Waals surface area contributed by atoms with Crippen molar-refractivity contribution in [1.29, 1.82) is 0 Å². The highest BCUT2D eigenvalue weighted by atomic mass is 35.5. The van der Waals surface area contributed by atoms with Crippen LogP contribution in [0.15, 0.2) is 42.5 Å². The van der Waals surface area contributed by atoms with Gasteiger partial charge in [0.15, 0.2) is 5.82 Å². The average molecular weight is 379 g/mol. The molecule has 4 rings (SSSR count). The molecule has 0 bridgehead atoms. The van der Waals surface area contributed by atoms with Gasteiger partial charge in [-0.3, -0.25) is 0 Å². The number of aromatic nitrogens is 4. The Morgan fingerprint density at radius 1 is 1.08 bits per heavy atom. The van der Waals surface area contributed by atoms with Crippen molar-refractivity contribution in [3.05, 3.63) is 69.7 Å². The maximum atomic E-state index is 13.8. The van der Waals surface area contributed by atoms with E-state index < -0.39 is 0 Å². The van der Waals surface area contributed by atoms with E-state index in [2.05, 4.69) is 15.3 Å². The third-order valence-corrected chi connectivity index (χ3v) is 5.00. The summed E-state index contributed by atoms with van der Waals surface area (Å²) in [6, 6.07) is 11.8. The quantitative estimate of drug-likeness (QED) is 0.509. The van der Waals surface area contributed by atoms with Crippen LogP contribution in [0, 0.1) is 5.82 Å². The Morgan fingerprint density at radius 3 is 2.71 bits per heavy atom. The molecule has 0 aliphatic carbocycles. The first kappa shape index (κ1) is 15.5. The number of rotatable bonds is 3. The minimum absolute atomic E-state index is 0.273. The molecule has 2 aromatic heterocycles. The van der Waals surface area contributed by atoms with Crippen molar-refractivity contribution < 1.29 is 4.39 Å². The average Bonchev–Trinajstić information content (AvgIpc) is 3.11. The Bertz CT molecular complexity index is 1040. The van der Waals surface area contributed by atoms with Gasteiger partial charge in [-0.15, -0.1) is 10.2 Å². The molecule has 0 N–H and O–H groups in total. The minimum atomic E-state index is -0.273. The van der Waals surface area contributed by atoms with E-state index in [9.17, 15) is 4.39 Å². The van der Waals surface area contributed by atoms with E-state index in [1.165, 1.54) is 17.4 Å². The van der Waals surface area contributed by atoms with Crippen molar-refractivity contribution >= 4 is 39.5 Å². The highest BCUT2D eigenvalue weighted by Crippen LogP contribution is 2.33. The number of halogens is 3. The molecule has 0 atom stereocenters. The van der Waals surface area contributed by atoms with Gasteiger partial charge in [-0.1, -0.05) is 52.7 Å². The fraction of sp³-hybridized carbons (Fsp3) is 0.0625. The molecule has 0 amide bonds. The van der Waals surface area contributed by atoms with Crippen molar-refractivity contribution in [3.63, 3.8) is 0 Å². The summed E-state index contributed by atoms with van der Waals surface area (Å²) in [6.45, 7) is 0. The van der Waals surface area contributed by atoms with Gasteiger partial charge in [0.25, 0.3) is 0 Å². The predicted molar refractivity (Wildman–Crippen MR) is 93.3 cm³/mol. The molecule has 120 valence electrons. The molecule has 0 radical (unpaired) electrons. The summed E-state index contributed by atoms with van der Waals surface area (Å²) in [4.78, 5) is 0.627. The smallest absolute Gasteiger partial charge is 0.207 e. The third kappa shape index (κ3) is 2.77. The van der Waals surface area contributed by atoms with Crippen molar-refractivity contribution in [2.24, 2.45) is 0 Å². The standard InChI is InChI=1S/C16H9Cl2FN4S/c17-10-5-6-11(12(18)8-10)15-22-23-14(20-21-16(23)24-15)7-9-3-1-2-4-13(9)19/h1-6,8H,7H2. The van der Waals surface area contributed by atoms with E-state index in [4.69, 9.17) is 23.2 Å². The molecule has 24 heavy (non-hydrogen) atoms. The molecule has 0 spiro atoms. The second kappa shape index (κ2) is 6.12. The molecule has 0 saturated heterocycles. The monoisotopic (exact) mass is 378 g/mol. The van der Waals surface area contributed by atoms with E-state index in [1.54, 1.807) is 34.8 Å². The highest BCUT2D eigenvalue weighted by Gasteiger charge is 2.16. The first-order valence-corrected chi connectivity index (χ1v) is 8.59. The Balaban J connectivity index is 1.75. The number of hydrogen-bond acceptors (Lipinski definition) is 4. The summed E-state index contributed by atoms with van der Waals surface area (Å²) in [5.74, 6) is 0.299. The van der Waals surface area contributed by atoms with Gasteiger partial charge in [-0.05, 0) is 29.8 Å². The summed E-state index contributed by atoms with van der Waals surface area (Å²) in [7, 11) is 0. The molecule has 0 fully saturated rings. The topological polar surface area (TPSA) is 43.1 Å². The Morgan fingerprint density at radius 2 is 1.92 bits per heavy atom. The van der Waals surface area contributed by atoms with Crippen LogP contribution >= 0.6 is 34.5 Å². The van der Waals surface area contributed by atoms with Crippen LogP contribution in [0.5, 0.6) is 0 Å². The maximum Gasteiger partial charge on any atom is 0.234 e. The van der Waals surface area contributed by atoms with E-state index in [0.717, 1.165) is 5.56 Å². The van der Waals surface area contributed by atoms with Crippen LogP contribution in [0.4, 0.5) is 4.39 Å². The van der Waals surface area contributed by atoms with Gasteiger partial charge in [-0.2, -0.15) is 9.61 Å². The molecule has 0 saturated carbocycles. The van der Waals surface area contributed by atoms with E-state index in [1.807, 2.05) is 6.07 Å². The van der Waals surface area contributed by atoms with Crippen molar-refractivity contribution in [2.75, 3.05) is 0 Å². The molecule has 8 heteroatoms. The van der Waals surface area contributed by atoms with E-state index in [-0.39, 0.29) is 5.82 Å². The van der Waals surface area contributed by atoms with Crippen LogP contribution in [-0.2, 0) is 6.42 Å². The van der Waals surface area contributed by atoms with Gasteiger partial charge < -0.3 is 0 Å². The van der Waals surface area contributed by atoms with Gasteiger partial charge in [0.1, 0.15) is 10.8 Å². The zero-order valence-corrected chi connectivity index (χ0v) is 14.4. The van der Waals surface area contributed by atoms with Gasteiger partial charge in [0.05, 0.1) is 5.02 Å². The van der Waals surface area contributed by atoms with Crippen LogP contribution in [0.25, 0.3) is 15.5 Å². The summed E-state index contributed by atoms with van der Waals surface area (Å²) < 4.78 is 15.5. The van der Waals surface area contributed by atoms with Crippen molar-refractivity contribution in [3.8, 4) is 10.6 Å². The molecule has 0 aliphatic rings. The largest absolute Gasteiger partial charge is 0.234 e. The SMILES string of the molecule is Fc1ccccc1Cc1nnc2sc(-c3ccc(Cl)cc3Cl)nn12. The second-order valence-corrected chi connectivity index (χ2v) is 6.91. The summed E-state index contributed by atoms with van der Waals surface area (Å²) >= 11 is 13.5. The molecular weight excluding hydrogens is 370 g/mol. The molecule has 4 nitrogen and oxygen atoms in total. The Hall–Kier alpha value is -2.02. The number of hydrogen-bond donors (Lipinski definition) is 0. The summed E-state index contributed by atoms with van der Waals surface area (Å²) in [5, 5.41) is 14.5. The van der Waals surface area contributed by atoms with Gasteiger partial charge in [0, 0.05) is 17.0 Å². The molecular formula is C16H9Cl2FN4S. The number of fused-ring (bicyclic) bond motifs is 1. The fourth-order valence-electron chi connectivity index (χ4n) is 2.35. The molecule has 2 heterocycles. The lowest BCUT2D eigenvalue weighted by atomic mass is 10.1. The molecule has 0 aliphatic heterocycles. The normalized spacial score (nSPS) is 11.3. The third-order valence-electron chi connectivity index (χ3n) is 3.52.